The molecule has 28 heavy (non-hydrogen) atoms. The summed E-state index contributed by atoms with van der Waals surface area (Å²) < 4.78 is 6.18. The van der Waals surface area contributed by atoms with Gasteiger partial charge >= 0.3 is 5.97 Å². The van der Waals surface area contributed by atoms with Crippen molar-refractivity contribution in [2.75, 3.05) is 38.7 Å². The van der Waals surface area contributed by atoms with Crippen molar-refractivity contribution in [1.29, 1.82) is 0 Å². The molecule has 1 saturated heterocycles. The largest absolute Gasteiger partial charge is 0.477 e. The van der Waals surface area contributed by atoms with Gasteiger partial charge in [-0.05, 0) is 42.7 Å². The van der Waals surface area contributed by atoms with Gasteiger partial charge in [0.15, 0.2) is 0 Å². The van der Waals surface area contributed by atoms with Crippen LogP contribution >= 0.6 is 11.3 Å². The second-order valence-corrected chi connectivity index (χ2v) is 8.72. The Bertz CT molecular complexity index is 913. The number of hydrogen-bond donors (Lipinski definition) is 1. The van der Waals surface area contributed by atoms with Crippen molar-refractivity contribution in [3.63, 3.8) is 0 Å². The zero-order valence-electron chi connectivity index (χ0n) is 16.1. The SMILES string of the molecule is CN(C)c1cccc(C(=O)N2CCC3(CC2)OCCc2sc(C(=O)O)cc23)c1. The zero-order valence-corrected chi connectivity index (χ0v) is 16.9. The minimum absolute atomic E-state index is 0.0335. The average molecular weight is 401 g/mol. The first-order valence-electron chi connectivity index (χ1n) is 9.47. The van der Waals surface area contributed by atoms with Gasteiger partial charge in [0.05, 0.1) is 12.2 Å². The smallest absolute Gasteiger partial charge is 0.345 e. The number of fused-ring (bicyclic) bond motifs is 2. The summed E-state index contributed by atoms with van der Waals surface area (Å²) in [5, 5.41) is 9.34. The summed E-state index contributed by atoms with van der Waals surface area (Å²) >= 11 is 1.35. The molecule has 0 bridgehead atoms. The van der Waals surface area contributed by atoms with Gasteiger partial charge in [-0.15, -0.1) is 11.3 Å². The van der Waals surface area contributed by atoms with Crippen molar-refractivity contribution in [3.8, 4) is 0 Å². The molecule has 1 N–H and O–H groups in total. The van der Waals surface area contributed by atoms with E-state index in [1.54, 1.807) is 6.07 Å². The Hall–Kier alpha value is -2.38. The third-order valence-electron chi connectivity index (χ3n) is 5.69. The Balaban J connectivity index is 1.52. The maximum atomic E-state index is 13.0. The second kappa shape index (κ2) is 7.22. The van der Waals surface area contributed by atoms with Crippen molar-refractivity contribution in [2.24, 2.45) is 0 Å². The number of carboxylic acids is 1. The number of amides is 1. The second-order valence-electron chi connectivity index (χ2n) is 7.58. The number of carbonyl (C=O) groups is 2. The number of carboxylic acid groups (broad SMARTS) is 1. The number of anilines is 1. The molecule has 0 saturated carbocycles. The van der Waals surface area contributed by atoms with Gasteiger partial charge < -0.3 is 19.6 Å². The van der Waals surface area contributed by atoms with Crippen LogP contribution in [-0.4, -0.2) is 55.7 Å². The van der Waals surface area contributed by atoms with Crippen LogP contribution in [0.1, 0.15) is 43.3 Å². The summed E-state index contributed by atoms with van der Waals surface area (Å²) in [6, 6.07) is 9.44. The van der Waals surface area contributed by atoms with Crippen LogP contribution in [0.2, 0.25) is 0 Å². The summed E-state index contributed by atoms with van der Waals surface area (Å²) in [4.78, 5) is 29.7. The van der Waals surface area contributed by atoms with E-state index in [0.29, 0.717) is 43.0 Å². The molecule has 148 valence electrons. The van der Waals surface area contributed by atoms with E-state index < -0.39 is 11.6 Å². The monoisotopic (exact) mass is 400 g/mol. The lowest BCUT2D eigenvalue weighted by atomic mass is 9.82. The number of benzene rings is 1. The Morgan fingerprint density at radius 2 is 1.96 bits per heavy atom. The standard InChI is InChI=1S/C21H24N2O4S/c1-22(2)15-5-3-4-14(12-15)19(24)23-9-7-21(8-10-23)16-13-18(20(25)26)28-17(16)6-11-27-21/h3-5,12-13H,6-11H2,1-2H3,(H,25,26). The molecular formula is C21H24N2O4S. The van der Waals surface area contributed by atoms with Gasteiger partial charge in [0.2, 0.25) is 0 Å². The van der Waals surface area contributed by atoms with Gasteiger partial charge in [0.25, 0.3) is 5.91 Å². The summed E-state index contributed by atoms with van der Waals surface area (Å²) in [6.45, 7) is 1.80. The molecule has 6 nitrogen and oxygen atoms in total. The van der Waals surface area contributed by atoms with E-state index in [4.69, 9.17) is 4.74 Å². The molecule has 2 aliphatic rings. The maximum Gasteiger partial charge on any atom is 0.345 e. The van der Waals surface area contributed by atoms with Crippen molar-refractivity contribution >= 4 is 28.9 Å². The fourth-order valence-electron chi connectivity index (χ4n) is 4.11. The van der Waals surface area contributed by atoms with Crippen LogP contribution in [0.3, 0.4) is 0 Å². The van der Waals surface area contributed by atoms with Gasteiger partial charge in [-0.25, -0.2) is 4.79 Å². The van der Waals surface area contributed by atoms with Crippen LogP contribution < -0.4 is 4.90 Å². The molecule has 1 fully saturated rings. The van der Waals surface area contributed by atoms with Crippen LogP contribution in [0.4, 0.5) is 5.69 Å². The molecular weight excluding hydrogens is 376 g/mol. The Morgan fingerprint density at radius 3 is 2.64 bits per heavy atom. The zero-order chi connectivity index (χ0) is 19.9. The van der Waals surface area contributed by atoms with Crippen LogP contribution in [0, 0.1) is 0 Å². The van der Waals surface area contributed by atoms with Crippen molar-refractivity contribution in [2.45, 2.75) is 24.9 Å². The highest BCUT2D eigenvalue weighted by molar-refractivity contribution is 7.14. The average Bonchev–Trinajstić information content (AvgIpc) is 3.15. The van der Waals surface area contributed by atoms with Crippen LogP contribution in [0.15, 0.2) is 30.3 Å². The molecule has 0 aliphatic carbocycles. The summed E-state index contributed by atoms with van der Waals surface area (Å²) in [6.07, 6.45) is 2.14. The molecule has 0 unspecified atom stereocenters. The van der Waals surface area contributed by atoms with Crippen LogP contribution in [0.5, 0.6) is 0 Å². The van der Waals surface area contributed by atoms with E-state index in [1.165, 1.54) is 11.3 Å². The number of rotatable bonds is 3. The van der Waals surface area contributed by atoms with Gasteiger partial charge in [0, 0.05) is 49.7 Å². The van der Waals surface area contributed by atoms with Crippen molar-refractivity contribution in [3.05, 3.63) is 51.2 Å². The number of thiophene rings is 1. The molecule has 3 heterocycles. The predicted octanol–water partition coefficient (Wildman–Crippen LogP) is 3.22. The quantitative estimate of drug-likeness (QED) is 0.857. The van der Waals surface area contributed by atoms with E-state index in [0.717, 1.165) is 22.5 Å². The highest BCUT2D eigenvalue weighted by Crippen LogP contribution is 2.44. The molecule has 2 aliphatic heterocycles. The molecule has 1 aromatic heterocycles. The molecule has 2 aromatic rings. The molecule has 0 atom stereocenters. The number of likely N-dealkylation sites (tertiary alicyclic amines) is 1. The number of nitrogens with zero attached hydrogens (tertiary/aromatic N) is 2. The first-order valence-corrected chi connectivity index (χ1v) is 10.3. The first-order chi connectivity index (χ1) is 13.4. The summed E-state index contributed by atoms with van der Waals surface area (Å²) in [5.74, 6) is -0.853. The number of carbonyl (C=O) groups excluding carboxylic acids is 1. The normalized spacial score (nSPS) is 18.0. The summed E-state index contributed by atoms with van der Waals surface area (Å²) in [7, 11) is 3.91. The highest BCUT2D eigenvalue weighted by Gasteiger charge is 2.43. The van der Waals surface area contributed by atoms with Crippen molar-refractivity contribution in [1.82, 2.24) is 4.90 Å². The topological polar surface area (TPSA) is 70.1 Å². The van der Waals surface area contributed by atoms with Gasteiger partial charge in [-0.3, -0.25) is 4.79 Å². The number of hydrogen-bond acceptors (Lipinski definition) is 5. The summed E-state index contributed by atoms with van der Waals surface area (Å²) in [5.41, 5.74) is 2.25. The lowest BCUT2D eigenvalue weighted by molar-refractivity contribution is -0.0926. The van der Waals surface area contributed by atoms with Crippen LogP contribution in [0.25, 0.3) is 0 Å². The number of aromatic carboxylic acids is 1. The third kappa shape index (κ3) is 3.29. The maximum absolute atomic E-state index is 13.0. The molecule has 7 heteroatoms. The van der Waals surface area contributed by atoms with E-state index in [-0.39, 0.29) is 5.91 Å². The molecule has 1 amide bonds. The molecule has 0 radical (unpaired) electrons. The molecule has 4 rings (SSSR count). The minimum Gasteiger partial charge on any atom is -0.477 e. The van der Waals surface area contributed by atoms with E-state index in [1.807, 2.05) is 48.2 Å². The van der Waals surface area contributed by atoms with Gasteiger partial charge in [-0.1, -0.05) is 6.07 Å². The van der Waals surface area contributed by atoms with Crippen LogP contribution in [-0.2, 0) is 16.8 Å². The Morgan fingerprint density at radius 1 is 1.21 bits per heavy atom. The molecule has 1 spiro atoms. The highest BCUT2D eigenvalue weighted by atomic mass is 32.1. The van der Waals surface area contributed by atoms with E-state index >= 15 is 0 Å². The number of ether oxygens (including phenoxy) is 1. The van der Waals surface area contributed by atoms with Gasteiger partial charge in [0.1, 0.15) is 4.88 Å². The predicted molar refractivity (Wildman–Crippen MR) is 109 cm³/mol. The lowest BCUT2D eigenvalue weighted by Gasteiger charge is -2.44. The third-order valence-corrected chi connectivity index (χ3v) is 6.87. The fourth-order valence-corrected chi connectivity index (χ4v) is 5.18. The lowest BCUT2D eigenvalue weighted by Crippen LogP contribution is -2.48. The van der Waals surface area contributed by atoms with E-state index in [9.17, 15) is 14.7 Å². The fraction of sp³-hybridized carbons (Fsp3) is 0.429. The molecule has 1 aromatic carbocycles. The minimum atomic E-state index is -0.886. The first kappa shape index (κ1) is 19.0. The Kier molecular flexibility index (Phi) is 4.89. The van der Waals surface area contributed by atoms with Gasteiger partial charge in [-0.2, -0.15) is 0 Å². The van der Waals surface area contributed by atoms with Crippen molar-refractivity contribution < 1.29 is 19.4 Å². The number of piperidine rings is 1. The Labute approximate surface area is 168 Å². The van der Waals surface area contributed by atoms with E-state index in [2.05, 4.69) is 0 Å².